The molecule has 0 bridgehead atoms. The Kier molecular flexibility index (Phi) is 6.26. The van der Waals surface area contributed by atoms with Crippen LogP contribution in [0.3, 0.4) is 0 Å². The van der Waals surface area contributed by atoms with Crippen molar-refractivity contribution in [3.63, 3.8) is 0 Å². The molecule has 2 unspecified atom stereocenters. The minimum Gasteiger partial charge on any atom is -0.495 e. The number of methoxy groups -OCH3 is 1. The van der Waals surface area contributed by atoms with Crippen molar-refractivity contribution in [1.29, 1.82) is 0 Å². The van der Waals surface area contributed by atoms with Gasteiger partial charge in [0, 0.05) is 29.0 Å². The first-order valence-corrected chi connectivity index (χ1v) is 12.3. The van der Waals surface area contributed by atoms with Crippen molar-refractivity contribution in [2.75, 3.05) is 12.0 Å². The lowest BCUT2D eigenvalue weighted by Gasteiger charge is -2.28. The Morgan fingerprint density at radius 3 is 2.37 bits per heavy atom. The SMILES string of the molecule is COc1ccc(N2C(=S)NC(c3ccccn3)C2c2cc(C)n(-c3ccc(C)cc3)c2C)cc1Cl. The number of hydrogen-bond acceptors (Lipinski definition) is 3. The molecule has 7 heteroatoms. The Hall–Kier alpha value is -3.35. The number of halogens is 1. The quantitative estimate of drug-likeness (QED) is 0.310. The summed E-state index contributed by atoms with van der Waals surface area (Å²) in [5.74, 6) is 0.629. The number of anilines is 1. The van der Waals surface area contributed by atoms with Crippen LogP contribution in [0.25, 0.3) is 5.69 Å². The van der Waals surface area contributed by atoms with Gasteiger partial charge in [-0.05, 0) is 87.1 Å². The Morgan fingerprint density at radius 2 is 1.71 bits per heavy atom. The molecule has 0 amide bonds. The van der Waals surface area contributed by atoms with Crippen LogP contribution in [0.15, 0.2) is 72.9 Å². The van der Waals surface area contributed by atoms with E-state index in [0.29, 0.717) is 15.9 Å². The molecule has 0 aliphatic carbocycles. The normalized spacial score (nSPS) is 17.5. The number of hydrogen-bond donors (Lipinski definition) is 1. The number of ether oxygens (including phenoxy) is 1. The molecule has 1 saturated heterocycles. The smallest absolute Gasteiger partial charge is 0.174 e. The average molecular weight is 503 g/mol. The highest BCUT2D eigenvalue weighted by Gasteiger charge is 2.42. The van der Waals surface area contributed by atoms with Gasteiger partial charge >= 0.3 is 0 Å². The van der Waals surface area contributed by atoms with Gasteiger partial charge in [-0.2, -0.15) is 0 Å². The summed E-state index contributed by atoms with van der Waals surface area (Å²) in [5, 5.41) is 4.70. The van der Waals surface area contributed by atoms with Gasteiger partial charge in [0.25, 0.3) is 0 Å². The Morgan fingerprint density at radius 1 is 0.971 bits per heavy atom. The molecule has 1 aliphatic heterocycles. The molecule has 2 aromatic carbocycles. The number of nitrogens with zero attached hydrogens (tertiary/aromatic N) is 3. The van der Waals surface area contributed by atoms with Crippen LogP contribution >= 0.6 is 23.8 Å². The van der Waals surface area contributed by atoms with Gasteiger partial charge in [0.2, 0.25) is 0 Å². The van der Waals surface area contributed by atoms with Crippen LogP contribution in [0.4, 0.5) is 5.69 Å². The van der Waals surface area contributed by atoms with Gasteiger partial charge in [-0.25, -0.2) is 0 Å². The van der Waals surface area contributed by atoms with Crippen molar-refractivity contribution in [2.24, 2.45) is 0 Å². The van der Waals surface area contributed by atoms with E-state index in [9.17, 15) is 0 Å². The third-order valence-electron chi connectivity index (χ3n) is 6.59. The monoisotopic (exact) mass is 502 g/mol. The van der Waals surface area contributed by atoms with Crippen LogP contribution in [0.2, 0.25) is 5.02 Å². The Bertz CT molecular complexity index is 1380. The summed E-state index contributed by atoms with van der Waals surface area (Å²) in [6, 6.07) is 22.4. The molecule has 4 aromatic rings. The van der Waals surface area contributed by atoms with E-state index in [4.69, 9.17) is 28.6 Å². The summed E-state index contributed by atoms with van der Waals surface area (Å²) >= 11 is 12.4. The van der Waals surface area contributed by atoms with Crippen molar-refractivity contribution in [3.05, 3.63) is 106 Å². The first-order chi connectivity index (χ1) is 16.9. The van der Waals surface area contributed by atoms with Gasteiger partial charge < -0.3 is 19.5 Å². The second-order valence-electron chi connectivity index (χ2n) is 8.81. The first-order valence-electron chi connectivity index (χ1n) is 11.5. The third-order valence-corrected chi connectivity index (χ3v) is 7.20. The highest BCUT2D eigenvalue weighted by Crippen LogP contribution is 2.44. The van der Waals surface area contributed by atoms with E-state index >= 15 is 0 Å². The molecule has 0 saturated carbocycles. The van der Waals surface area contributed by atoms with Crippen LogP contribution in [0, 0.1) is 20.8 Å². The topological polar surface area (TPSA) is 42.3 Å². The van der Waals surface area contributed by atoms with E-state index in [1.807, 2.05) is 42.6 Å². The Balaban J connectivity index is 1.67. The molecule has 2 aromatic heterocycles. The van der Waals surface area contributed by atoms with E-state index in [0.717, 1.165) is 28.5 Å². The molecule has 2 atom stereocenters. The molecule has 1 N–H and O–H groups in total. The summed E-state index contributed by atoms with van der Waals surface area (Å²) in [6.45, 7) is 6.41. The lowest BCUT2D eigenvalue weighted by Crippen LogP contribution is -2.29. The second kappa shape index (κ2) is 9.36. The van der Waals surface area contributed by atoms with Gasteiger partial charge in [0.05, 0.1) is 29.9 Å². The van der Waals surface area contributed by atoms with Gasteiger partial charge in [-0.1, -0.05) is 35.4 Å². The highest BCUT2D eigenvalue weighted by atomic mass is 35.5. The summed E-state index contributed by atoms with van der Waals surface area (Å²) < 4.78 is 7.67. The zero-order valence-corrected chi connectivity index (χ0v) is 21.7. The maximum Gasteiger partial charge on any atom is 0.174 e. The average Bonchev–Trinajstić information content (AvgIpc) is 3.35. The van der Waals surface area contributed by atoms with Crippen molar-refractivity contribution >= 4 is 34.6 Å². The number of benzene rings is 2. The zero-order chi connectivity index (χ0) is 24.7. The molecular weight excluding hydrogens is 476 g/mol. The highest BCUT2D eigenvalue weighted by molar-refractivity contribution is 7.80. The molecule has 178 valence electrons. The minimum atomic E-state index is -0.128. The maximum atomic E-state index is 6.52. The van der Waals surface area contributed by atoms with E-state index in [1.54, 1.807) is 7.11 Å². The standard InChI is InChI=1S/C28H27ClN4OS/c1-17-8-10-20(11-9-17)32-18(2)15-22(19(32)3)27-26(24-7-5-6-14-30-24)31-28(35)33(27)21-12-13-25(34-4)23(29)16-21/h5-16,26-27H,1-4H3,(H,31,35). The van der Waals surface area contributed by atoms with Crippen LogP contribution in [-0.4, -0.2) is 21.8 Å². The lowest BCUT2D eigenvalue weighted by atomic mass is 9.96. The number of rotatable bonds is 5. The lowest BCUT2D eigenvalue weighted by molar-refractivity contribution is 0.415. The molecule has 0 spiro atoms. The summed E-state index contributed by atoms with van der Waals surface area (Å²) in [5.41, 5.74) is 7.70. The second-order valence-corrected chi connectivity index (χ2v) is 9.61. The largest absolute Gasteiger partial charge is 0.495 e. The van der Waals surface area contributed by atoms with Crippen LogP contribution in [-0.2, 0) is 0 Å². The number of thiocarbonyl (C=S) groups is 1. The van der Waals surface area contributed by atoms with Crippen LogP contribution in [0.5, 0.6) is 5.75 Å². The van der Waals surface area contributed by atoms with Gasteiger partial charge in [0.15, 0.2) is 5.11 Å². The van der Waals surface area contributed by atoms with Gasteiger partial charge in [0.1, 0.15) is 5.75 Å². The molecule has 1 aliphatic rings. The molecule has 5 nitrogen and oxygen atoms in total. The van der Waals surface area contributed by atoms with E-state index < -0.39 is 0 Å². The predicted molar refractivity (Wildman–Crippen MR) is 146 cm³/mol. The fourth-order valence-electron chi connectivity index (χ4n) is 4.93. The summed E-state index contributed by atoms with van der Waals surface area (Å²) in [7, 11) is 1.61. The van der Waals surface area contributed by atoms with Crippen LogP contribution in [0.1, 0.15) is 40.3 Å². The number of pyridine rings is 1. The van der Waals surface area contributed by atoms with E-state index in [2.05, 4.69) is 70.9 Å². The van der Waals surface area contributed by atoms with Crippen molar-refractivity contribution in [3.8, 4) is 11.4 Å². The zero-order valence-electron chi connectivity index (χ0n) is 20.1. The van der Waals surface area contributed by atoms with E-state index in [-0.39, 0.29) is 12.1 Å². The van der Waals surface area contributed by atoms with Crippen molar-refractivity contribution in [2.45, 2.75) is 32.9 Å². The first kappa shape index (κ1) is 23.4. The molecular formula is C28H27ClN4OS. The van der Waals surface area contributed by atoms with Gasteiger partial charge in [-0.15, -0.1) is 0 Å². The number of nitrogens with one attached hydrogen (secondary N) is 1. The molecule has 3 heterocycles. The number of aromatic nitrogens is 2. The van der Waals surface area contributed by atoms with E-state index in [1.165, 1.54) is 11.1 Å². The van der Waals surface area contributed by atoms with Crippen LogP contribution < -0.4 is 15.0 Å². The fourth-order valence-corrected chi connectivity index (χ4v) is 5.53. The molecule has 1 fully saturated rings. The summed E-state index contributed by atoms with van der Waals surface area (Å²) in [6.07, 6.45) is 1.82. The van der Waals surface area contributed by atoms with Gasteiger partial charge in [-0.3, -0.25) is 4.98 Å². The minimum absolute atomic E-state index is 0.118. The maximum absolute atomic E-state index is 6.52. The van der Waals surface area contributed by atoms with Crippen molar-refractivity contribution in [1.82, 2.24) is 14.9 Å². The predicted octanol–water partition coefficient (Wildman–Crippen LogP) is 6.64. The third kappa shape index (κ3) is 4.17. The molecule has 35 heavy (non-hydrogen) atoms. The van der Waals surface area contributed by atoms with Crippen molar-refractivity contribution < 1.29 is 4.74 Å². The molecule has 0 radical (unpaired) electrons. The molecule has 5 rings (SSSR count). The fraction of sp³-hybridized carbons (Fsp3) is 0.214. The number of aryl methyl sites for hydroxylation is 2. The Labute approximate surface area is 216 Å². The summed E-state index contributed by atoms with van der Waals surface area (Å²) in [4.78, 5) is 6.81.